The molecule has 0 spiro atoms. The van der Waals surface area contributed by atoms with Crippen LogP contribution in [0.2, 0.25) is 0 Å². The molecule has 0 aromatic rings. The van der Waals surface area contributed by atoms with Gasteiger partial charge in [-0.05, 0) is 13.3 Å². The molecule has 1 aliphatic carbocycles. The van der Waals surface area contributed by atoms with Gasteiger partial charge in [-0.25, -0.2) is 0 Å². The summed E-state index contributed by atoms with van der Waals surface area (Å²) < 4.78 is 0. The monoisotopic (exact) mass is 110 g/mol. The normalized spacial score (nSPS) is 16.9. The van der Waals surface area contributed by atoms with Gasteiger partial charge in [0.1, 0.15) is 0 Å². The molecule has 0 aromatic heterocycles. The minimum Gasteiger partial charge on any atom is -0.255 e. The molecule has 0 heterocycles. The minimum atomic E-state index is 0. The lowest BCUT2D eigenvalue weighted by atomic mass is 10.1. The van der Waals surface area contributed by atoms with Crippen LogP contribution in [0.4, 0.5) is 0 Å². The van der Waals surface area contributed by atoms with Crippen LogP contribution >= 0.6 is 0 Å². The molecule has 1 heteroatoms. The second-order valence-corrected chi connectivity index (χ2v) is 1.84. The van der Waals surface area contributed by atoms with Gasteiger partial charge >= 0.3 is 0 Å². The molecule has 0 unspecified atom stereocenters. The number of allylic oxidation sites excluding steroid dienone is 4. The van der Waals surface area contributed by atoms with Crippen molar-refractivity contribution in [3.63, 3.8) is 0 Å². The Morgan fingerprint density at radius 2 is 2.25 bits per heavy atom. The summed E-state index contributed by atoms with van der Waals surface area (Å²) in [7, 11) is 0. The molecule has 0 bridgehead atoms. The van der Waals surface area contributed by atoms with Gasteiger partial charge in [0.05, 0.1) is 0 Å². The molecule has 1 nitrogen and oxygen atoms in total. The van der Waals surface area contributed by atoms with E-state index in [0.717, 1.165) is 6.42 Å². The number of rotatable bonds is 0. The Hall–Kier alpha value is -0.560. The van der Waals surface area contributed by atoms with Crippen molar-refractivity contribution in [1.29, 1.82) is 0 Å². The van der Waals surface area contributed by atoms with Gasteiger partial charge in [-0.15, -0.1) is 0 Å². The van der Waals surface area contributed by atoms with Gasteiger partial charge in [-0.1, -0.05) is 23.8 Å². The van der Waals surface area contributed by atoms with Crippen molar-refractivity contribution in [2.75, 3.05) is 0 Å². The van der Waals surface area contributed by atoms with Gasteiger partial charge in [-0.3, -0.25) is 5.48 Å². The van der Waals surface area contributed by atoms with Crippen molar-refractivity contribution in [2.45, 2.75) is 13.3 Å². The van der Waals surface area contributed by atoms with Crippen molar-refractivity contribution >= 4 is 0 Å². The summed E-state index contributed by atoms with van der Waals surface area (Å²) >= 11 is 0. The maximum atomic E-state index is 2.16. The predicted octanol–water partition coefficient (Wildman–Crippen LogP) is 1.92. The highest BCUT2D eigenvalue weighted by atomic mass is 16.0. The Morgan fingerprint density at radius 1 is 1.50 bits per heavy atom. The summed E-state index contributed by atoms with van der Waals surface area (Å²) in [5.41, 5.74) is 1.45. The first kappa shape index (κ1) is 7.44. The summed E-state index contributed by atoms with van der Waals surface area (Å²) in [5, 5.41) is 0. The average molecular weight is 110 g/mol. The number of hydrogen-bond acceptors (Lipinski definition) is 0. The molecule has 0 saturated heterocycles. The van der Waals surface area contributed by atoms with Crippen LogP contribution in [0.3, 0.4) is 0 Å². The molecule has 8 heavy (non-hydrogen) atoms. The molecule has 0 fully saturated rings. The van der Waals surface area contributed by atoms with E-state index in [1.54, 1.807) is 0 Å². The summed E-state index contributed by atoms with van der Waals surface area (Å²) in [4.78, 5) is 0. The molecule has 2 radical (unpaired) electrons. The molecule has 0 amide bonds. The van der Waals surface area contributed by atoms with E-state index in [1.807, 2.05) is 0 Å². The first-order valence-electron chi connectivity index (χ1n) is 2.55. The highest BCUT2D eigenvalue weighted by Gasteiger charge is 1.87. The zero-order chi connectivity index (χ0) is 5.11. The van der Waals surface area contributed by atoms with Crippen LogP contribution in [0.15, 0.2) is 23.8 Å². The van der Waals surface area contributed by atoms with Crippen molar-refractivity contribution in [3.8, 4) is 0 Å². The molecular formula is C7H10O. The van der Waals surface area contributed by atoms with E-state index in [0.29, 0.717) is 0 Å². The van der Waals surface area contributed by atoms with Crippen LogP contribution in [-0.4, -0.2) is 5.48 Å². The maximum absolute atomic E-state index is 2.16. The van der Waals surface area contributed by atoms with Gasteiger partial charge < -0.3 is 0 Å². The summed E-state index contributed by atoms with van der Waals surface area (Å²) in [5.74, 6) is 0. The van der Waals surface area contributed by atoms with E-state index in [9.17, 15) is 0 Å². The zero-order valence-electron chi connectivity index (χ0n) is 4.96. The van der Waals surface area contributed by atoms with Crippen molar-refractivity contribution in [2.24, 2.45) is 0 Å². The fourth-order valence-electron chi connectivity index (χ4n) is 0.620. The second kappa shape index (κ2) is 3.44. The van der Waals surface area contributed by atoms with E-state index in [-0.39, 0.29) is 5.48 Å². The molecule has 1 N–H and O–H groups in total. The second-order valence-electron chi connectivity index (χ2n) is 1.84. The van der Waals surface area contributed by atoms with Gasteiger partial charge in [0, 0.05) is 6.42 Å². The summed E-state index contributed by atoms with van der Waals surface area (Å²) in [6.45, 7) is 2.14. The quantitative estimate of drug-likeness (QED) is 0.493. The third kappa shape index (κ3) is 1.94. The molecule has 0 aliphatic heterocycles. The fraction of sp³-hybridized carbons (Fsp3) is 0.286. The lowest BCUT2D eigenvalue weighted by molar-refractivity contribution is 0.824. The first-order valence-corrected chi connectivity index (χ1v) is 2.55. The summed E-state index contributed by atoms with van der Waals surface area (Å²) in [6, 6.07) is 0. The Kier molecular flexibility index (Phi) is 3.20. The minimum absolute atomic E-state index is 0. The van der Waals surface area contributed by atoms with Crippen LogP contribution in [0.1, 0.15) is 13.3 Å². The van der Waals surface area contributed by atoms with Crippen molar-refractivity contribution < 1.29 is 5.48 Å². The van der Waals surface area contributed by atoms with Gasteiger partial charge in [0.15, 0.2) is 0 Å². The average Bonchev–Trinajstić information content (AvgIpc) is 1.69. The Morgan fingerprint density at radius 3 is 2.50 bits per heavy atom. The van der Waals surface area contributed by atoms with Crippen molar-refractivity contribution in [1.82, 2.24) is 0 Å². The zero-order valence-corrected chi connectivity index (χ0v) is 4.96. The Bertz CT molecular complexity index is 112. The van der Waals surface area contributed by atoms with Gasteiger partial charge in [-0.2, -0.15) is 0 Å². The number of hydrogen-bond donors (Lipinski definition) is 1. The molecule has 0 saturated carbocycles. The molecule has 0 aromatic carbocycles. The van der Waals surface area contributed by atoms with Gasteiger partial charge in [0.2, 0.25) is 0 Å². The topological polar surface area (TPSA) is 30.0 Å². The molecule has 44 valence electrons. The van der Waals surface area contributed by atoms with Crippen LogP contribution in [0.25, 0.3) is 0 Å². The highest BCUT2D eigenvalue weighted by molar-refractivity contribution is 5.21. The third-order valence-corrected chi connectivity index (χ3v) is 1.07. The standard InChI is InChI=1S/C7H9.HO/c1-7-5-3-2-4-6-7;/h2-5H,6H2,1H3;1H. The molecule has 1 aliphatic rings. The Labute approximate surface area is 50.0 Å². The van der Waals surface area contributed by atoms with Crippen molar-refractivity contribution in [3.05, 3.63) is 30.2 Å². The SMILES string of the molecule is CC1=C[CH]C=CC1.[OH]. The lowest BCUT2D eigenvalue weighted by Gasteiger charge is -1.97. The predicted molar refractivity (Wildman–Crippen MR) is 33.7 cm³/mol. The molecular weight excluding hydrogens is 100 g/mol. The van der Waals surface area contributed by atoms with E-state index >= 15 is 0 Å². The molecule has 1 rings (SSSR count). The smallest absolute Gasteiger partial charge is 0.00470 e. The van der Waals surface area contributed by atoms with E-state index in [4.69, 9.17) is 0 Å². The van der Waals surface area contributed by atoms with E-state index < -0.39 is 0 Å². The molecule has 0 atom stereocenters. The largest absolute Gasteiger partial charge is 0.255 e. The third-order valence-electron chi connectivity index (χ3n) is 1.07. The van der Waals surface area contributed by atoms with E-state index in [1.165, 1.54) is 5.57 Å². The fourth-order valence-corrected chi connectivity index (χ4v) is 0.620. The van der Waals surface area contributed by atoms with Crippen LogP contribution < -0.4 is 0 Å². The van der Waals surface area contributed by atoms with Crippen LogP contribution in [0, 0.1) is 6.42 Å². The van der Waals surface area contributed by atoms with Crippen LogP contribution in [-0.2, 0) is 0 Å². The lowest BCUT2D eigenvalue weighted by Crippen LogP contribution is -1.78. The first-order chi connectivity index (χ1) is 3.39. The van der Waals surface area contributed by atoms with E-state index in [2.05, 4.69) is 31.6 Å². The Balaban J connectivity index is 0.000000490. The van der Waals surface area contributed by atoms with Crippen LogP contribution in [0.5, 0.6) is 0 Å². The maximum Gasteiger partial charge on any atom is 0.00470 e. The van der Waals surface area contributed by atoms with Gasteiger partial charge in [0.25, 0.3) is 0 Å². The highest BCUT2D eigenvalue weighted by Crippen LogP contribution is 2.07. The summed E-state index contributed by atoms with van der Waals surface area (Å²) in [6.07, 6.45) is 9.58.